The van der Waals surface area contributed by atoms with Gasteiger partial charge in [0.2, 0.25) is 0 Å². The zero-order chi connectivity index (χ0) is 11.1. The topological polar surface area (TPSA) is 52.9 Å². The molecule has 1 aliphatic rings. The van der Waals surface area contributed by atoms with Crippen molar-refractivity contribution in [3.05, 3.63) is 0 Å². The van der Waals surface area contributed by atoms with Crippen molar-refractivity contribution in [2.75, 3.05) is 26.3 Å². The second kappa shape index (κ2) is 7.17. The number of ether oxygens (including phenoxy) is 1. The van der Waals surface area contributed by atoms with Crippen LogP contribution in [0.5, 0.6) is 0 Å². The molecule has 90 valence electrons. The van der Waals surface area contributed by atoms with E-state index in [9.17, 15) is 10.2 Å². The number of hydrogen-bond donors (Lipinski definition) is 2. The lowest BCUT2D eigenvalue weighted by molar-refractivity contribution is -0.0770. The summed E-state index contributed by atoms with van der Waals surface area (Å²) in [6.45, 7) is 5.00. The molecule has 4 nitrogen and oxygen atoms in total. The highest BCUT2D eigenvalue weighted by Gasteiger charge is 2.20. The molecule has 0 bridgehead atoms. The molecule has 15 heavy (non-hydrogen) atoms. The number of aliphatic hydroxyl groups is 2. The van der Waals surface area contributed by atoms with Gasteiger partial charge >= 0.3 is 0 Å². The third-order valence-corrected chi connectivity index (χ3v) is 2.84. The fourth-order valence-corrected chi connectivity index (χ4v) is 1.83. The number of unbranched alkanes of at least 4 members (excludes halogenated alkanes) is 1. The van der Waals surface area contributed by atoms with E-state index in [2.05, 4.69) is 6.92 Å². The smallest absolute Gasteiger partial charge is 0.110 e. The van der Waals surface area contributed by atoms with Gasteiger partial charge in [0.15, 0.2) is 0 Å². The summed E-state index contributed by atoms with van der Waals surface area (Å²) in [5, 5.41) is 19.5. The molecule has 0 aromatic heterocycles. The molecular formula is C11H23NO3. The summed E-state index contributed by atoms with van der Waals surface area (Å²) in [7, 11) is 0. The van der Waals surface area contributed by atoms with Crippen LogP contribution in [0, 0.1) is 0 Å². The van der Waals surface area contributed by atoms with Gasteiger partial charge in [-0.05, 0) is 6.42 Å². The summed E-state index contributed by atoms with van der Waals surface area (Å²) in [4.78, 5) is 1.97. The third-order valence-electron chi connectivity index (χ3n) is 2.84. The lowest BCUT2D eigenvalue weighted by atomic mass is 10.1. The van der Waals surface area contributed by atoms with Crippen LogP contribution in [0.25, 0.3) is 0 Å². The highest BCUT2D eigenvalue weighted by atomic mass is 16.5. The first-order valence-electron chi connectivity index (χ1n) is 5.92. The number of nitrogens with zero attached hydrogens (tertiary/aromatic N) is 1. The molecular weight excluding hydrogens is 194 g/mol. The van der Waals surface area contributed by atoms with E-state index in [0.29, 0.717) is 19.6 Å². The van der Waals surface area contributed by atoms with E-state index in [1.54, 1.807) is 0 Å². The van der Waals surface area contributed by atoms with Gasteiger partial charge in [-0.25, -0.2) is 0 Å². The monoisotopic (exact) mass is 217 g/mol. The molecule has 1 saturated heterocycles. The Morgan fingerprint density at radius 2 is 1.93 bits per heavy atom. The SMILES string of the molecule is CCCCC(O)CC(O)N1CCOCC1. The normalized spacial score (nSPS) is 22.6. The van der Waals surface area contributed by atoms with Gasteiger partial charge in [-0.15, -0.1) is 0 Å². The number of rotatable bonds is 6. The fourth-order valence-electron chi connectivity index (χ4n) is 1.83. The van der Waals surface area contributed by atoms with Gasteiger partial charge in [-0.2, -0.15) is 0 Å². The lowest BCUT2D eigenvalue weighted by Gasteiger charge is -2.32. The lowest BCUT2D eigenvalue weighted by Crippen LogP contribution is -2.44. The number of morpholine rings is 1. The minimum absolute atomic E-state index is 0.372. The van der Waals surface area contributed by atoms with Crippen LogP contribution in [-0.4, -0.2) is 53.7 Å². The minimum Gasteiger partial charge on any atom is -0.393 e. The van der Waals surface area contributed by atoms with Crippen molar-refractivity contribution in [2.45, 2.75) is 44.9 Å². The molecule has 1 fully saturated rings. The van der Waals surface area contributed by atoms with Crippen molar-refractivity contribution in [1.82, 2.24) is 4.90 Å². The Balaban J connectivity index is 2.17. The van der Waals surface area contributed by atoms with Gasteiger partial charge < -0.3 is 14.9 Å². The van der Waals surface area contributed by atoms with Crippen LogP contribution in [-0.2, 0) is 4.74 Å². The molecule has 1 aliphatic heterocycles. The van der Waals surface area contributed by atoms with Crippen LogP contribution in [0.1, 0.15) is 32.6 Å². The zero-order valence-electron chi connectivity index (χ0n) is 9.56. The molecule has 1 rings (SSSR count). The van der Waals surface area contributed by atoms with Gasteiger partial charge in [-0.3, -0.25) is 4.90 Å². The van der Waals surface area contributed by atoms with Crippen molar-refractivity contribution in [3.8, 4) is 0 Å². The first-order chi connectivity index (χ1) is 7.24. The van der Waals surface area contributed by atoms with Gasteiger partial charge in [0, 0.05) is 19.5 Å². The molecule has 0 amide bonds. The van der Waals surface area contributed by atoms with Crippen molar-refractivity contribution in [2.24, 2.45) is 0 Å². The molecule has 0 spiro atoms. The van der Waals surface area contributed by atoms with E-state index < -0.39 is 6.23 Å². The maximum Gasteiger partial charge on any atom is 0.110 e. The predicted molar refractivity (Wildman–Crippen MR) is 58.5 cm³/mol. The highest BCUT2D eigenvalue weighted by Crippen LogP contribution is 2.11. The summed E-state index contributed by atoms with van der Waals surface area (Å²) < 4.78 is 5.20. The second-order valence-corrected chi connectivity index (χ2v) is 4.16. The number of aliphatic hydroxyl groups excluding tert-OH is 2. The van der Waals surface area contributed by atoms with E-state index >= 15 is 0 Å². The summed E-state index contributed by atoms with van der Waals surface area (Å²) in [6.07, 6.45) is 2.48. The molecule has 2 atom stereocenters. The van der Waals surface area contributed by atoms with Gasteiger partial charge in [0.1, 0.15) is 6.23 Å². The molecule has 0 saturated carbocycles. The molecule has 0 radical (unpaired) electrons. The van der Waals surface area contributed by atoms with Gasteiger partial charge in [-0.1, -0.05) is 19.8 Å². The molecule has 0 aliphatic carbocycles. The molecule has 0 aromatic rings. The summed E-state index contributed by atoms with van der Waals surface area (Å²) in [5.41, 5.74) is 0. The maximum absolute atomic E-state index is 9.85. The van der Waals surface area contributed by atoms with E-state index in [1.165, 1.54) is 0 Å². The molecule has 1 heterocycles. The zero-order valence-corrected chi connectivity index (χ0v) is 9.56. The van der Waals surface area contributed by atoms with Crippen LogP contribution in [0.15, 0.2) is 0 Å². The van der Waals surface area contributed by atoms with Crippen molar-refractivity contribution < 1.29 is 14.9 Å². The third kappa shape index (κ3) is 4.93. The summed E-state index contributed by atoms with van der Waals surface area (Å²) >= 11 is 0. The maximum atomic E-state index is 9.85. The van der Waals surface area contributed by atoms with Crippen LogP contribution >= 0.6 is 0 Å². The summed E-state index contributed by atoms with van der Waals surface area (Å²) in [6, 6.07) is 0. The first kappa shape index (κ1) is 12.9. The highest BCUT2D eigenvalue weighted by molar-refractivity contribution is 4.69. The van der Waals surface area contributed by atoms with Crippen molar-refractivity contribution in [1.29, 1.82) is 0 Å². The Bertz CT molecular complexity index is 160. The molecule has 4 heteroatoms. The fraction of sp³-hybridized carbons (Fsp3) is 1.00. The van der Waals surface area contributed by atoms with Crippen molar-refractivity contribution >= 4 is 0 Å². The molecule has 2 unspecified atom stereocenters. The Kier molecular flexibility index (Phi) is 6.17. The Morgan fingerprint density at radius 3 is 2.53 bits per heavy atom. The average Bonchev–Trinajstić information content (AvgIpc) is 2.27. The standard InChI is InChI=1S/C11H23NO3/c1-2-3-4-10(13)9-11(14)12-5-7-15-8-6-12/h10-11,13-14H,2-9H2,1H3. The number of hydrogen-bond acceptors (Lipinski definition) is 4. The van der Waals surface area contributed by atoms with E-state index in [-0.39, 0.29) is 6.10 Å². The van der Waals surface area contributed by atoms with Crippen LogP contribution in [0.3, 0.4) is 0 Å². The largest absolute Gasteiger partial charge is 0.393 e. The quantitative estimate of drug-likeness (QED) is 0.683. The molecule has 2 N–H and O–H groups in total. The van der Waals surface area contributed by atoms with Crippen molar-refractivity contribution in [3.63, 3.8) is 0 Å². The van der Waals surface area contributed by atoms with E-state index in [1.807, 2.05) is 4.90 Å². The Morgan fingerprint density at radius 1 is 1.27 bits per heavy atom. The molecule has 0 aromatic carbocycles. The van der Waals surface area contributed by atoms with E-state index in [0.717, 1.165) is 32.4 Å². The summed E-state index contributed by atoms with van der Waals surface area (Å²) in [5.74, 6) is 0. The van der Waals surface area contributed by atoms with Gasteiger partial charge in [0.05, 0.1) is 19.3 Å². The van der Waals surface area contributed by atoms with Crippen LogP contribution in [0.2, 0.25) is 0 Å². The van der Waals surface area contributed by atoms with Crippen LogP contribution < -0.4 is 0 Å². The van der Waals surface area contributed by atoms with E-state index in [4.69, 9.17) is 4.74 Å². The predicted octanol–water partition coefficient (Wildman–Crippen LogP) is 0.578. The average molecular weight is 217 g/mol. The minimum atomic E-state index is -0.513. The Hall–Kier alpha value is -0.160. The van der Waals surface area contributed by atoms with Crippen LogP contribution in [0.4, 0.5) is 0 Å². The van der Waals surface area contributed by atoms with Gasteiger partial charge in [0.25, 0.3) is 0 Å². The first-order valence-corrected chi connectivity index (χ1v) is 5.92. The Labute approximate surface area is 91.8 Å². The second-order valence-electron chi connectivity index (χ2n) is 4.16.